The van der Waals surface area contributed by atoms with Crippen molar-refractivity contribution in [2.45, 2.75) is 6.92 Å². The van der Waals surface area contributed by atoms with Crippen LogP contribution in [0.5, 0.6) is 0 Å². The van der Waals surface area contributed by atoms with Gasteiger partial charge >= 0.3 is 5.97 Å². The van der Waals surface area contributed by atoms with Crippen molar-refractivity contribution in [3.8, 4) is 0 Å². The largest absolute Gasteiger partial charge is 0.462 e. The van der Waals surface area contributed by atoms with E-state index in [1.54, 1.807) is 32.3 Å². The molecule has 0 amide bonds. The Morgan fingerprint density at radius 1 is 1.41 bits per heavy atom. The third-order valence-electron chi connectivity index (χ3n) is 3.56. The average Bonchev–Trinajstić information content (AvgIpc) is 2.87. The van der Waals surface area contributed by atoms with Crippen molar-refractivity contribution in [2.75, 3.05) is 6.61 Å². The zero-order chi connectivity index (χ0) is 16.0. The van der Waals surface area contributed by atoms with Gasteiger partial charge in [-0.1, -0.05) is 5.46 Å². The van der Waals surface area contributed by atoms with Crippen LogP contribution >= 0.6 is 9.24 Å². The number of rotatable bonds is 2. The summed E-state index contributed by atoms with van der Waals surface area (Å²) in [7, 11) is 10.2. The smallest absolute Gasteiger partial charge is 0.337 e. The van der Waals surface area contributed by atoms with Gasteiger partial charge in [-0.2, -0.15) is 5.10 Å². The molecule has 0 spiro atoms. The van der Waals surface area contributed by atoms with Gasteiger partial charge in [-0.15, -0.1) is 9.24 Å². The van der Waals surface area contributed by atoms with Gasteiger partial charge in [0.05, 0.1) is 29.4 Å². The highest BCUT2D eigenvalue weighted by Gasteiger charge is 2.18. The zero-order valence-electron chi connectivity index (χ0n) is 12.2. The molecule has 0 aliphatic carbocycles. The minimum Gasteiger partial charge on any atom is -0.462 e. The minimum atomic E-state index is -0.512. The van der Waals surface area contributed by atoms with Gasteiger partial charge in [-0.3, -0.25) is 4.79 Å². The molecule has 0 saturated heterocycles. The molecule has 1 aromatic carbocycles. The van der Waals surface area contributed by atoms with Crippen molar-refractivity contribution in [1.29, 1.82) is 0 Å². The first-order valence-corrected chi connectivity index (χ1v) is 7.26. The van der Waals surface area contributed by atoms with Crippen LogP contribution < -0.4 is 16.3 Å². The number of hydrogen-bond acceptors (Lipinski definition) is 4. The zero-order valence-corrected chi connectivity index (χ0v) is 13.3. The average molecular weight is 313 g/mol. The van der Waals surface area contributed by atoms with Crippen molar-refractivity contribution < 1.29 is 9.53 Å². The summed E-state index contributed by atoms with van der Waals surface area (Å²) in [6.45, 7) is 1.97. The Kier molecular flexibility index (Phi) is 3.53. The van der Waals surface area contributed by atoms with Crippen LogP contribution in [0, 0.1) is 0 Å². The Morgan fingerprint density at radius 2 is 2.14 bits per heavy atom. The maximum Gasteiger partial charge on any atom is 0.337 e. The standard InChI is InChI=1S/C14H13BN3O3P/c1-3-21-14(20)7-4-5-8-11(10(7)15)17(2)13(19)12-9(22)6-16-18(8)12/h4-6H,3,22H2,1-2H3. The number of carbonyl (C=O) groups excluding carboxylic acids is 1. The number of fused-ring (bicyclic) bond motifs is 3. The lowest BCUT2D eigenvalue weighted by atomic mass is 9.88. The number of carbonyl (C=O) groups is 1. The molecule has 2 radical (unpaired) electrons. The molecule has 0 fully saturated rings. The molecule has 1 unspecified atom stereocenters. The van der Waals surface area contributed by atoms with Crippen LogP contribution in [0.2, 0.25) is 0 Å². The fraction of sp³-hybridized carbons (Fsp3) is 0.214. The second-order valence-corrected chi connectivity index (χ2v) is 5.46. The van der Waals surface area contributed by atoms with Gasteiger partial charge < -0.3 is 9.30 Å². The predicted octanol–water partition coefficient (Wildman–Crippen LogP) is -0.343. The molecule has 6 nitrogen and oxygen atoms in total. The number of hydrogen-bond donors (Lipinski definition) is 0. The summed E-state index contributed by atoms with van der Waals surface area (Å²) in [5.41, 5.74) is 1.78. The van der Waals surface area contributed by atoms with E-state index in [4.69, 9.17) is 12.6 Å². The topological polar surface area (TPSA) is 65.6 Å². The molecule has 2 aromatic heterocycles. The van der Waals surface area contributed by atoms with Gasteiger partial charge in [0.1, 0.15) is 13.4 Å². The molecule has 1 atom stereocenters. The summed E-state index contributed by atoms with van der Waals surface area (Å²) in [6, 6.07) is 3.30. The Hall–Kier alpha value is -2.14. The molecular weight excluding hydrogens is 300 g/mol. The van der Waals surface area contributed by atoms with Gasteiger partial charge in [0.25, 0.3) is 5.56 Å². The lowest BCUT2D eigenvalue weighted by Crippen LogP contribution is -2.29. The van der Waals surface area contributed by atoms with Gasteiger partial charge in [0.2, 0.25) is 0 Å². The normalized spacial score (nSPS) is 11.2. The van der Waals surface area contributed by atoms with Crippen LogP contribution in [0.25, 0.3) is 16.6 Å². The van der Waals surface area contributed by atoms with Crippen molar-refractivity contribution in [3.05, 3.63) is 34.2 Å². The van der Waals surface area contributed by atoms with E-state index < -0.39 is 5.97 Å². The molecule has 0 aliphatic rings. The molecule has 0 aliphatic heterocycles. The number of esters is 1. The first-order valence-electron chi connectivity index (χ1n) is 6.68. The quantitative estimate of drug-likeness (QED) is 0.369. The maximum absolute atomic E-state index is 12.5. The van der Waals surface area contributed by atoms with Gasteiger partial charge in [0, 0.05) is 12.4 Å². The number of aryl methyl sites for hydroxylation is 1. The molecular formula is C14H13BN3O3P. The molecule has 0 bridgehead atoms. The third kappa shape index (κ3) is 1.96. The van der Waals surface area contributed by atoms with Gasteiger partial charge in [-0.25, -0.2) is 9.31 Å². The first-order chi connectivity index (χ1) is 10.5. The molecule has 0 N–H and O–H groups in total. The van der Waals surface area contributed by atoms with Gasteiger partial charge in [0.15, 0.2) is 0 Å². The number of ether oxygens (including phenoxy) is 1. The van der Waals surface area contributed by atoms with Crippen molar-refractivity contribution in [3.63, 3.8) is 0 Å². The van der Waals surface area contributed by atoms with Crippen LogP contribution in [-0.2, 0) is 11.8 Å². The molecule has 2 heterocycles. The second kappa shape index (κ2) is 5.25. The molecule has 0 saturated carbocycles. The van der Waals surface area contributed by atoms with E-state index >= 15 is 0 Å². The summed E-state index contributed by atoms with van der Waals surface area (Å²) in [5, 5.41) is 4.92. The third-order valence-corrected chi connectivity index (χ3v) is 3.98. The van der Waals surface area contributed by atoms with Crippen molar-refractivity contribution in [2.24, 2.45) is 7.05 Å². The van der Waals surface area contributed by atoms with Crippen LogP contribution in [0.15, 0.2) is 23.1 Å². The summed E-state index contributed by atoms with van der Waals surface area (Å²) in [5.74, 6) is -0.512. The fourth-order valence-corrected chi connectivity index (χ4v) is 2.84. The Labute approximate surface area is 129 Å². The van der Waals surface area contributed by atoms with E-state index in [2.05, 4.69) is 14.3 Å². The number of nitrogens with zero attached hydrogens (tertiary/aromatic N) is 3. The highest BCUT2D eigenvalue weighted by Crippen LogP contribution is 2.14. The van der Waals surface area contributed by atoms with Gasteiger partial charge in [-0.05, 0) is 19.1 Å². The van der Waals surface area contributed by atoms with Crippen LogP contribution in [0.4, 0.5) is 0 Å². The fourth-order valence-electron chi connectivity index (χ4n) is 2.52. The second-order valence-electron chi connectivity index (χ2n) is 4.84. The number of aromatic nitrogens is 3. The van der Waals surface area contributed by atoms with E-state index in [1.165, 1.54) is 9.08 Å². The Balaban J connectivity index is 2.46. The lowest BCUT2D eigenvalue weighted by molar-refractivity contribution is 0.0528. The van der Waals surface area contributed by atoms with E-state index in [0.717, 1.165) is 0 Å². The van der Waals surface area contributed by atoms with E-state index in [9.17, 15) is 9.59 Å². The number of benzene rings is 1. The molecule has 22 heavy (non-hydrogen) atoms. The highest BCUT2D eigenvalue weighted by molar-refractivity contribution is 7.28. The van der Waals surface area contributed by atoms with Crippen molar-refractivity contribution in [1.82, 2.24) is 14.2 Å². The Morgan fingerprint density at radius 3 is 2.82 bits per heavy atom. The monoisotopic (exact) mass is 313 g/mol. The van der Waals surface area contributed by atoms with Crippen LogP contribution in [0.1, 0.15) is 17.3 Å². The maximum atomic E-state index is 12.5. The summed E-state index contributed by atoms with van der Waals surface area (Å²) in [4.78, 5) is 24.5. The summed E-state index contributed by atoms with van der Waals surface area (Å²) < 4.78 is 7.95. The Bertz CT molecular complexity index is 977. The van der Waals surface area contributed by atoms with E-state index in [0.29, 0.717) is 21.9 Å². The first kappa shape index (κ1) is 14.8. The van der Waals surface area contributed by atoms with Crippen molar-refractivity contribution >= 4 is 50.4 Å². The summed E-state index contributed by atoms with van der Waals surface area (Å²) in [6.07, 6.45) is 1.59. The summed E-state index contributed by atoms with van der Waals surface area (Å²) >= 11 is 0. The SMILES string of the molecule is [B]c1c(C(=O)OCC)ccc2c1n(C)c(=O)c1c(P)cnn12. The molecule has 3 rings (SSSR count). The highest BCUT2D eigenvalue weighted by atomic mass is 31.0. The molecule has 110 valence electrons. The van der Waals surface area contributed by atoms with Crippen LogP contribution in [0.3, 0.4) is 0 Å². The lowest BCUT2D eigenvalue weighted by Gasteiger charge is -2.13. The van der Waals surface area contributed by atoms with Crippen LogP contribution in [-0.4, -0.2) is 34.6 Å². The minimum absolute atomic E-state index is 0.207. The van der Waals surface area contributed by atoms with E-state index in [1.807, 2.05) is 0 Å². The molecule has 3 aromatic rings. The van der Waals surface area contributed by atoms with E-state index in [-0.39, 0.29) is 23.2 Å². The predicted molar refractivity (Wildman–Crippen MR) is 88.6 cm³/mol. The molecule has 8 heteroatoms.